The average molecular weight is 263 g/mol. The second kappa shape index (κ2) is 7.51. The van der Waals surface area contributed by atoms with E-state index in [1.807, 2.05) is 0 Å². The van der Waals surface area contributed by atoms with Crippen LogP contribution in [-0.4, -0.2) is 31.0 Å². The van der Waals surface area contributed by atoms with Gasteiger partial charge >= 0.3 is 0 Å². The smallest absolute Gasteiger partial charge is 0.0471 e. The van der Waals surface area contributed by atoms with E-state index in [1.165, 1.54) is 30.5 Å². The van der Waals surface area contributed by atoms with Crippen LogP contribution in [0.4, 0.5) is 5.69 Å². The van der Waals surface area contributed by atoms with E-state index in [1.54, 1.807) is 0 Å². The summed E-state index contributed by atoms with van der Waals surface area (Å²) in [6.45, 7) is 4.31. The molecule has 1 unspecified atom stereocenters. The van der Waals surface area contributed by atoms with Gasteiger partial charge in [-0.25, -0.2) is 0 Å². The van der Waals surface area contributed by atoms with E-state index < -0.39 is 0 Å². The Labute approximate surface area is 116 Å². The quantitative estimate of drug-likeness (QED) is 0.829. The lowest BCUT2D eigenvalue weighted by atomic mass is 9.93. The van der Waals surface area contributed by atoms with Gasteiger partial charge in [0.25, 0.3) is 0 Å². The Hall–Kier alpha value is -1.06. The summed E-state index contributed by atoms with van der Waals surface area (Å²) in [7, 11) is 0. The fourth-order valence-corrected chi connectivity index (χ4v) is 2.72. The Bertz CT molecular complexity index is 358. The molecule has 0 aliphatic carbocycles. The van der Waals surface area contributed by atoms with Gasteiger partial charge in [-0.1, -0.05) is 12.1 Å². The van der Waals surface area contributed by atoms with Crippen molar-refractivity contribution >= 4 is 5.69 Å². The molecule has 1 saturated heterocycles. The van der Waals surface area contributed by atoms with Crippen molar-refractivity contribution in [3.8, 4) is 0 Å². The zero-order chi connectivity index (χ0) is 13.5. The van der Waals surface area contributed by atoms with Crippen molar-refractivity contribution in [3.63, 3.8) is 0 Å². The number of benzene rings is 1. The lowest BCUT2D eigenvalue weighted by molar-refractivity contribution is 0.0629. The van der Waals surface area contributed by atoms with Crippen LogP contribution in [0.15, 0.2) is 24.3 Å². The maximum Gasteiger partial charge on any atom is 0.0471 e. The fourth-order valence-electron chi connectivity index (χ4n) is 2.72. The predicted molar refractivity (Wildman–Crippen MR) is 78.5 cm³/mol. The first-order chi connectivity index (χ1) is 9.28. The van der Waals surface area contributed by atoms with Crippen molar-refractivity contribution < 1.29 is 9.84 Å². The summed E-state index contributed by atoms with van der Waals surface area (Å²) in [6.07, 6.45) is 4.34. The third-order valence-corrected chi connectivity index (χ3v) is 3.80. The number of nitrogens with one attached hydrogen (secondary N) is 1. The molecular formula is C16H25NO2. The number of hydrogen-bond donors (Lipinski definition) is 2. The zero-order valence-electron chi connectivity index (χ0n) is 11.8. The highest BCUT2D eigenvalue weighted by Gasteiger charge is 2.16. The second-order valence-electron chi connectivity index (χ2n) is 5.51. The van der Waals surface area contributed by atoms with Crippen molar-refractivity contribution in [3.05, 3.63) is 29.8 Å². The summed E-state index contributed by atoms with van der Waals surface area (Å²) in [5, 5.41) is 12.4. The molecule has 0 radical (unpaired) electrons. The van der Waals surface area contributed by atoms with Crippen molar-refractivity contribution in [2.24, 2.45) is 5.92 Å². The molecule has 1 aliphatic rings. The van der Waals surface area contributed by atoms with Gasteiger partial charge in [0.2, 0.25) is 0 Å². The first-order valence-corrected chi connectivity index (χ1v) is 7.32. The van der Waals surface area contributed by atoms with Gasteiger partial charge in [0.05, 0.1) is 0 Å². The van der Waals surface area contributed by atoms with E-state index in [0.29, 0.717) is 6.04 Å². The minimum Gasteiger partial charge on any atom is -0.396 e. The molecule has 3 heteroatoms. The van der Waals surface area contributed by atoms with Gasteiger partial charge in [0, 0.05) is 31.5 Å². The molecule has 1 aromatic carbocycles. The molecule has 2 N–H and O–H groups in total. The van der Waals surface area contributed by atoms with Crippen LogP contribution < -0.4 is 5.32 Å². The van der Waals surface area contributed by atoms with Gasteiger partial charge in [0.1, 0.15) is 0 Å². The highest BCUT2D eigenvalue weighted by Crippen LogP contribution is 2.22. The number of aliphatic hydroxyl groups is 1. The van der Waals surface area contributed by atoms with Crippen LogP contribution in [-0.2, 0) is 11.2 Å². The summed E-state index contributed by atoms with van der Waals surface area (Å²) >= 11 is 0. The van der Waals surface area contributed by atoms with E-state index in [0.717, 1.165) is 25.6 Å². The molecule has 0 aromatic heterocycles. The van der Waals surface area contributed by atoms with Crippen molar-refractivity contribution in [1.29, 1.82) is 0 Å². The van der Waals surface area contributed by atoms with E-state index >= 15 is 0 Å². The highest BCUT2D eigenvalue weighted by molar-refractivity contribution is 5.45. The van der Waals surface area contributed by atoms with Crippen LogP contribution in [0, 0.1) is 5.92 Å². The minimum absolute atomic E-state index is 0.215. The molecule has 106 valence electrons. The molecule has 1 fully saturated rings. The third-order valence-electron chi connectivity index (χ3n) is 3.80. The Balaban J connectivity index is 1.78. The summed E-state index contributed by atoms with van der Waals surface area (Å²) in [6, 6.07) is 8.86. The van der Waals surface area contributed by atoms with Gasteiger partial charge in [-0.3, -0.25) is 0 Å². The summed E-state index contributed by atoms with van der Waals surface area (Å²) < 4.78 is 5.39. The Morgan fingerprint density at radius 2 is 1.95 bits per heavy atom. The lowest BCUT2D eigenvalue weighted by Crippen LogP contribution is -2.24. The third kappa shape index (κ3) is 4.84. The second-order valence-corrected chi connectivity index (χ2v) is 5.51. The number of rotatable bonds is 6. The van der Waals surface area contributed by atoms with Crippen LogP contribution >= 0.6 is 0 Å². The first kappa shape index (κ1) is 14.4. The molecule has 0 amide bonds. The van der Waals surface area contributed by atoms with Crippen molar-refractivity contribution in [2.75, 3.05) is 25.1 Å². The molecule has 0 saturated carbocycles. The molecule has 2 rings (SSSR count). The average Bonchev–Trinajstić information content (AvgIpc) is 2.42. The van der Waals surface area contributed by atoms with E-state index in [-0.39, 0.29) is 6.61 Å². The molecule has 3 nitrogen and oxygen atoms in total. The largest absolute Gasteiger partial charge is 0.396 e. The minimum atomic E-state index is 0.215. The molecule has 1 heterocycles. The maximum atomic E-state index is 8.89. The molecule has 0 bridgehead atoms. The van der Waals surface area contributed by atoms with Gasteiger partial charge in [-0.2, -0.15) is 0 Å². The molecule has 0 spiro atoms. The Morgan fingerprint density at radius 1 is 1.26 bits per heavy atom. The monoisotopic (exact) mass is 263 g/mol. The van der Waals surface area contributed by atoms with Crippen LogP contribution in [0.2, 0.25) is 0 Å². The normalized spacial score (nSPS) is 18.2. The van der Waals surface area contributed by atoms with Crippen LogP contribution in [0.25, 0.3) is 0 Å². The van der Waals surface area contributed by atoms with E-state index in [9.17, 15) is 0 Å². The summed E-state index contributed by atoms with van der Waals surface area (Å²) in [4.78, 5) is 0. The Kier molecular flexibility index (Phi) is 5.67. The van der Waals surface area contributed by atoms with Crippen LogP contribution in [0.3, 0.4) is 0 Å². The molecule has 1 aromatic rings. The Morgan fingerprint density at radius 3 is 2.58 bits per heavy atom. The number of anilines is 1. The van der Waals surface area contributed by atoms with Gasteiger partial charge < -0.3 is 15.2 Å². The van der Waals surface area contributed by atoms with E-state index in [2.05, 4.69) is 36.5 Å². The van der Waals surface area contributed by atoms with Gasteiger partial charge in [-0.05, 0) is 56.2 Å². The number of aliphatic hydroxyl groups excluding tert-OH is 1. The zero-order valence-corrected chi connectivity index (χ0v) is 11.8. The van der Waals surface area contributed by atoms with Gasteiger partial charge in [-0.15, -0.1) is 0 Å². The molecule has 1 atom stereocenters. The first-order valence-electron chi connectivity index (χ1n) is 7.32. The van der Waals surface area contributed by atoms with Crippen LogP contribution in [0.5, 0.6) is 0 Å². The van der Waals surface area contributed by atoms with Crippen molar-refractivity contribution in [1.82, 2.24) is 0 Å². The molecule has 19 heavy (non-hydrogen) atoms. The number of hydrogen-bond acceptors (Lipinski definition) is 3. The van der Waals surface area contributed by atoms with Crippen molar-refractivity contribution in [2.45, 2.75) is 38.6 Å². The van der Waals surface area contributed by atoms with E-state index in [4.69, 9.17) is 9.84 Å². The highest BCUT2D eigenvalue weighted by atomic mass is 16.5. The summed E-state index contributed by atoms with van der Waals surface area (Å²) in [5.41, 5.74) is 2.35. The number of ether oxygens (including phenoxy) is 1. The van der Waals surface area contributed by atoms with Crippen LogP contribution in [0.1, 0.15) is 31.7 Å². The topological polar surface area (TPSA) is 41.5 Å². The maximum absolute atomic E-state index is 8.89. The standard InChI is InChI=1S/C16H25NO2/c1-13(12-15-7-10-19-11-8-15)17-16-4-2-14(3-5-16)6-9-18/h2-5,13,15,17-18H,6-12H2,1H3. The SMILES string of the molecule is CC(CC1CCOCC1)Nc1ccc(CCO)cc1. The predicted octanol–water partition coefficient (Wildman–Crippen LogP) is 2.84. The summed E-state index contributed by atoms with van der Waals surface area (Å²) in [5.74, 6) is 0.796. The fraction of sp³-hybridized carbons (Fsp3) is 0.625. The molecular weight excluding hydrogens is 238 g/mol. The lowest BCUT2D eigenvalue weighted by Gasteiger charge is -2.25. The molecule has 1 aliphatic heterocycles. The van der Waals surface area contributed by atoms with Gasteiger partial charge in [0.15, 0.2) is 0 Å².